The van der Waals surface area contributed by atoms with Crippen LogP contribution in [0.25, 0.3) is 11.5 Å². The lowest BCUT2D eigenvalue weighted by Gasteiger charge is -2.36. The molecule has 0 saturated heterocycles. The maximum absolute atomic E-state index is 6.39. The molecule has 0 spiro atoms. The van der Waals surface area contributed by atoms with E-state index in [9.17, 15) is 0 Å². The molecule has 5 rings (SSSR count). The van der Waals surface area contributed by atoms with Crippen molar-refractivity contribution in [2.75, 3.05) is 6.54 Å². The van der Waals surface area contributed by atoms with Gasteiger partial charge in [0.25, 0.3) is 0 Å². The van der Waals surface area contributed by atoms with E-state index in [1.165, 1.54) is 15.3 Å². The van der Waals surface area contributed by atoms with Crippen molar-refractivity contribution in [2.24, 2.45) is 0 Å². The molecule has 0 fully saturated rings. The first-order chi connectivity index (χ1) is 15.6. The third-order valence-electron chi connectivity index (χ3n) is 6.43. The Kier molecular flexibility index (Phi) is 5.93. The molecule has 2 aromatic carbocycles. The van der Waals surface area contributed by atoms with Gasteiger partial charge in [-0.05, 0) is 55.5 Å². The van der Waals surface area contributed by atoms with Gasteiger partial charge in [-0.2, -0.15) is 0 Å². The monoisotopic (exact) mass is 462 g/mol. The molecule has 5 heteroatoms. The van der Waals surface area contributed by atoms with Gasteiger partial charge in [0.05, 0.1) is 22.3 Å². The molecule has 0 N–H and O–H groups in total. The first kappa shape index (κ1) is 21.4. The number of oxazole rings is 1. The van der Waals surface area contributed by atoms with E-state index in [0.29, 0.717) is 10.9 Å². The predicted molar refractivity (Wildman–Crippen MR) is 133 cm³/mol. The molecule has 0 unspecified atom stereocenters. The molecule has 2 aromatic heterocycles. The van der Waals surface area contributed by atoms with Gasteiger partial charge < -0.3 is 4.42 Å². The first-order valence-corrected chi connectivity index (χ1v) is 12.4. The normalized spacial score (nSPS) is 16.3. The lowest BCUT2D eigenvalue weighted by Crippen LogP contribution is -2.35. The lowest BCUT2D eigenvalue weighted by atomic mass is 9.91. The summed E-state index contributed by atoms with van der Waals surface area (Å²) in [5, 5.41) is 0.659. The van der Waals surface area contributed by atoms with Crippen LogP contribution in [0.2, 0.25) is 5.02 Å². The summed E-state index contributed by atoms with van der Waals surface area (Å²) >= 11 is 8.36. The Morgan fingerprint density at radius 2 is 1.84 bits per heavy atom. The van der Waals surface area contributed by atoms with Crippen LogP contribution in [0.15, 0.2) is 59.0 Å². The standard InChI is InChI=1S/C27H27ClN2OS/c1-4-20-18(3)32-26-21(20)14-15-30(25(26)19-10-6-5-7-11-19)16-24-17(2)31-27(29-24)22-12-8-9-13-23(22)28/h5-13,25H,4,14-16H2,1-3H3/t25-/m1/s1. The minimum absolute atomic E-state index is 0.240. The van der Waals surface area contributed by atoms with Crippen molar-refractivity contribution in [1.82, 2.24) is 9.88 Å². The van der Waals surface area contributed by atoms with E-state index in [4.69, 9.17) is 21.0 Å². The second-order valence-corrected chi connectivity index (χ2v) is 10.0. The van der Waals surface area contributed by atoms with Crippen LogP contribution < -0.4 is 0 Å². The highest BCUT2D eigenvalue weighted by atomic mass is 35.5. The van der Waals surface area contributed by atoms with E-state index in [1.54, 1.807) is 11.1 Å². The van der Waals surface area contributed by atoms with Crippen molar-refractivity contribution in [2.45, 2.75) is 46.2 Å². The van der Waals surface area contributed by atoms with Crippen molar-refractivity contribution in [1.29, 1.82) is 0 Å². The summed E-state index contributed by atoms with van der Waals surface area (Å²) in [6, 6.07) is 18.8. The largest absolute Gasteiger partial charge is 0.441 e. The van der Waals surface area contributed by atoms with Gasteiger partial charge in [0, 0.05) is 22.8 Å². The third kappa shape index (κ3) is 3.81. The molecule has 32 heavy (non-hydrogen) atoms. The molecule has 0 amide bonds. The van der Waals surface area contributed by atoms with Gasteiger partial charge in [-0.25, -0.2) is 4.98 Å². The number of hydrogen-bond donors (Lipinski definition) is 0. The smallest absolute Gasteiger partial charge is 0.228 e. The quantitative estimate of drug-likeness (QED) is 0.309. The second-order valence-electron chi connectivity index (χ2n) is 8.37. The minimum atomic E-state index is 0.240. The number of halogens is 1. The molecule has 0 saturated carbocycles. The number of nitrogens with zero attached hydrogens (tertiary/aromatic N) is 2. The Balaban J connectivity index is 1.52. The molecular weight excluding hydrogens is 436 g/mol. The summed E-state index contributed by atoms with van der Waals surface area (Å²) in [5.41, 5.74) is 6.27. The van der Waals surface area contributed by atoms with E-state index >= 15 is 0 Å². The summed E-state index contributed by atoms with van der Waals surface area (Å²) in [7, 11) is 0. The first-order valence-electron chi connectivity index (χ1n) is 11.2. The molecular formula is C27H27ClN2OS. The zero-order valence-corrected chi connectivity index (χ0v) is 20.3. The topological polar surface area (TPSA) is 29.3 Å². The molecule has 3 heterocycles. The highest BCUT2D eigenvalue weighted by Gasteiger charge is 2.33. The fourth-order valence-corrected chi connectivity index (χ4v) is 6.52. The highest BCUT2D eigenvalue weighted by molar-refractivity contribution is 7.12. The van der Waals surface area contributed by atoms with Crippen LogP contribution in [-0.2, 0) is 19.4 Å². The van der Waals surface area contributed by atoms with E-state index in [1.807, 2.05) is 42.5 Å². The number of thiophene rings is 1. The average molecular weight is 463 g/mol. The number of fused-ring (bicyclic) bond motifs is 1. The summed E-state index contributed by atoms with van der Waals surface area (Å²) in [6.07, 6.45) is 2.18. The molecule has 3 nitrogen and oxygen atoms in total. The van der Waals surface area contributed by atoms with Crippen molar-refractivity contribution in [3.8, 4) is 11.5 Å². The van der Waals surface area contributed by atoms with E-state index in [0.717, 1.165) is 42.9 Å². The Labute approximate surface area is 198 Å². The van der Waals surface area contributed by atoms with Crippen LogP contribution >= 0.6 is 22.9 Å². The minimum Gasteiger partial charge on any atom is -0.441 e. The molecule has 1 aliphatic heterocycles. The van der Waals surface area contributed by atoms with E-state index in [2.05, 4.69) is 49.1 Å². The fraction of sp³-hybridized carbons (Fsp3) is 0.296. The molecule has 0 radical (unpaired) electrons. The van der Waals surface area contributed by atoms with Crippen LogP contribution in [0.4, 0.5) is 0 Å². The third-order valence-corrected chi connectivity index (χ3v) is 8.00. The number of aromatic nitrogens is 1. The van der Waals surface area contributed by atoms with Crippen LogP contribution in [0.5, 0.6) is 0 Å². The van der Waals surface area contributed by atoms with Gasteiger partial charge >= 0.3 is 0 Å². The lowest BCUT2D eigenvalue weighted by molar-refractivity contribution is 0.204. The molecule has 0 aliphatic carbocycles. The Morgan fingerprint density at radius 3 is 2.59 bits per heavy atom. The van der Waals surface area contributed by atoms with E-state index < -0.39 is 0 Å². The number of rotatable bonds is 5. The second kappa shape index (κ2) is 8.86. The van der Waals surface area contributed by atoms with Crippen molar-refractivity contribution >= 4 is 22.9 Å². The molecule has 164 valence electrons. The zero-order chi connectivity index (χ0) is 22.2. The van der Waals surface area contributed by atoms with Crippen LogP contribution in [0, 0.1) is 13.8 Å². The maximum atomic E-state index is 6.39. The van der Waals surface area contributed by atoms with Gasteiger partial charge in [0.2, 0.25) is 5.89 Å². The van der Waals surface area contributed by atoms with Gasteiger partial charge in [0.1, 0.15) is 5.76 Å². The fourth-order valence-electron chi connectivity index (χ4n) is 4.84. The summed E-state index contributed by atoms with van der Waals surface area (Å²) in [6.45, 7) is 8.29. The van der Waals surface area contributed by atoms with Crippen LogP contribution in [-0.4, -0.2) is 16.4 Å². The van der Waals surface area contributed by atoms with Crippen LogP contribution in [0.1, 0.15) is 50.9 Å². The predicted octanol–water partition coefficient (Wildman–Crippen LogP) is 7.38. The van der Waals surface area contributed by atoms with E-state index in [-0.39, 0.29) is 6.04 Å². The van der Waals surface area contributed by atoms with Crippen LogP contribution in [0.3, 0.4) is 0 Å². The SMILES string of the molecule is CCc1c(C)sc2c1CCN(Cc1nc(-c3ccccc3Cl)oc1C)[C@@H]2c1ccccc1. The number of benzene rings is 2. The highest BCUT2D eigenvalue weighted by Crippen LogP contribution is 2.43. The van der Waals surface area contributed by atoms with Gasteiger partial charge in [-0.1, -0.05) is 61.0 Å². The van der Waals surface area contributed by atoms with Gasteiger partial charge in [0.15, 0.2) is 0 Å². The van der Waals surface area contributed by atoms with Crippen molar-refractivity contribution < 1.29 is 4.42 Å². The molecule has 1 atom stereocenters. The molecule has 4 aromatic rings. The summed E-state index contributed by atoms with van der Waals surface area (Å²) in [4.78, 5) is 10.4. The summed E-state index contributed by atoms with van der Waals surface area (Å²) in [5.74, 6) is 1.45. The number of aryl methyl sites for hydroxylation is 2. The Morgan fingerprint density at radius 1 is 1.09 bits per heavy atom. The van der Waals surface area contributed by atoms with Crippen molar-refractivity contribution in [3.63, 3.8) is 0 Å². The van der Waals surface area contributed by atoms with Gasteiger partial charge in [-0.15, -0.1) is 11.3 Å². The maximum Gasteiger partial charge on any atom is 0.228 e. The molecule has 1 aliphatic rings. The number of hydrogen-bond acceptors (Lipinski definition) is 4. The molecule has 0 bridgehead atoms. The summed E-state index contributed by atoms with van der Waals surface area (Å²) < 4.78 is 6.05. The van der Waals surface area contributed by atoms with Crippen molar-refractivity contribution in [3.05, 3.63) is 97.5 Å². The Hall–Kier alpha value is -2.40. The zero-order valence-electron chi connectivity index (χ0n) is 18.7. The Bertz CT molecular complexity index is 1240. The van der Waals surface area contributed by atoms with Gasteiger partial charge in [-0.3, -0.25) is 4.90 Å². The average Bonchev–Trinajstić information content (AvgIpc) is 3.32.